The molecule has 1 aromatic carbocycles. The van der Waals surface area contributed by atoms with E-state index in [-0.39, 0.29) is 10.7 Å². The molecule has 0 aliphatic carbocycles. The number of nitrogens with two attached hydrogens (primary N) is 1. The fraction of sp³-hybridized carbons (Fsp3) is 0.556. The van der Waals surface area contributed by atoms with Crippen LogP contribution in [0.3, 0.4) is 0 Å². The third-order valence-corrected chi connectivity index (χ3v) is 4.65. The van der Waals surface area contributed by atoms with E-state index in [1.165, 1.54) is 16.8 Å². The number of hydrogen-bond acceptors (Lipinski definition) is 3. The zero-order valence-electron chi connectivity index (χ0n) is 15.0. The van der Waals surface area contributed by atoms with Crippen LogP contribution in [0, 0.1) is 6.92 Å². The molecule has 5 heteroatoms. The van der Waals surface area contributed by atoms with Gasteiger partial charge in [-0.1, -0.05) is 6.92 Å². The molecule has 23 heavy (non-hydrogen) atoms. The lowest BCUT2D eigenvalue weighted by molar-refractivity contribution is 0.356. The van der Waals surface area contributed by atoms with Gasteiger partial charge in [0, 0.05) is 17.3 Å². The molecule has 126 valence electrons. The van der Waals surface area contributed by atoms with Gasteiger partial charge in [0.25, 0.3) is 0 Å². The Kier molecular flexibility index (Phi) is 4.99. The minimum atomic E-state index is 0.163. The second kappa shape index (κ2) is 6.48. The number of thiocarbonyl (C=S) groups is 1. The number of anilines is 1. The minimum absolute atomic E-state index is 0.163. The highest BCUT2D eigenvalue weighted by molar-refractivity contribution is 7.80. The molecule has 0 aromatic heterocycles. The van der Waals surface area contributed by atoms with Crippen LogP contribution in [0.4, 0.5) is 5.69 Å². The van der Waals surface area contributed by atoms with Gasteiger partial charge in [-0.2, -0.15) is 5.10 Å². The molecule has 3 N–H and O–H groups in total. The molecule has 0 bridgehead atoms. The average molecular weight is 333 g/mol. The van der Waals surface area contributed by atoms with Gasteiger partial charge in [0.1, 0.15) is 0 Å². The number of nitrogens with one attached hydrogen (secondary N) is 1. The molecule has 0 amide bonds. The van der Waals surface area contributed by atoms with Gasteiger partial charge in [0.15, 0.2) is 5.11 Å². The first-order valence-corrected chi connectivity index (χ1v) is 8.56. The van der Waals surface area contributed by atoms with Crippen molar-refractivity contribution in [3.05, 3.63) is 28.8 Å². The molecule has 0 saturated carbocycles. The third-order valence-electron chi connectivity index (χ3n) is 4.56. The number of aryl methyl sites for hydroxylation is 1. The van der Waals surface area contributed by atoms with E-state index in [9.17, 15) is 0 Å². The molecular weight excluding hydrogens is 304 g/mol. The van der Waals surface area contributed by atoms with E-state index in [0.717, 1.165) is 12.0 Å². The van der Waals surface area contributed by atoms with Gasteiger partial charge >= 0.3 is 0 Å². The second-order valence-corrected chi connectivity index (χ2v) is 7.82. The Labute approximate surface area is 145 Å². The number of benzene rings is 1. The maximum absolute atomic E-state index is 5.41. The van der Waals surface area contributed by atoms with E-state index < -0.39 is 0 Å². The lowest BCUT2D eigenvalue weighted by Gasteiger charge is -2.50. The van der Waals surface area contributed by atoms with Gasteiger partial charge in [-0.05, 0) is 88.0 Å². The summed E-state index contributed by atoms with van der Waals surface area (Å²) in [5, 5.41) is 4.28. The highest BCUT2D eigenvalue weighted by Crippen LogP contribution is 2.45. The molecule has 1 atom stereocenters. The summed E-state index contributed by atoms with van der Waals surface area (Å²) in [5.41, 5.74) is 13.2. The van der Waals surface area contributed by atoms with Crippen LogP contribution >= 0.6 is 12.2 Å². The summed E-state index contributed by atoms with van der Waals surface area (Å²) in [6, 6.07) is 5.01. The zero-order valence-corrected chi connectivity index (χ0v) is 15.8. The molecule has 0 radical (unpaired) electrons. The maximum atomic E-state index is 5.41. The Hall–Kier alpha value is -1.62. The van der Waals surface area contributed by atoms with Gasteiger partial charge < -0.3 is 10.6 Å². The van der Waals surface area contributed by atoms with Crippen LogP contribution in [0.1, 0.15) is 63.6 Å². The van der Waals surface area contributed by atoms with E-state index in [4.69, 9.17) is 18.0 Å². The fourth-order valence-corrected chi connectivity index (χ4v) is 3.95. The molecule has 1 heterocycles. The average Bonchev–Trinajstić information content (AvgIpc) is 2.38. The van der Waals surface area contributed by atoms with Gasteiger partial charge in [-0.25, -0.2) is 0 Å². The summed E-state index contributed by atoms with van der Waals surface area (Å²) in [6.07, 6.45) is 2.93. The highest BCUT2D eigenvalue weighted by Gasteiger charge is 2.37. The van der Waals surface area contributed by atoms with Crippen molar-refractivity contribution in [2.24, 2.45) is 10.8 Å². The summed E-state index contributed by atoms with van der Waals surface area (Å²) in [6.45, 7) is 13.6. The maximum Gasteiger partial charge on any atom is 0.184 e. The lowest BCUT2D eigenvalue weighted by Crippen LogP contribution is -2.51. The first kappa shape index (κ1) is 17.7. The Morgan fingerprint density at radius 3 is 2.70 bits per heavy atom. The van der Waals surface area contributed by atoms with E-state index in [1.54, 1.807) is 6.21 Å². The van der Waals surface area contributed by atoms with Crippen molar-refractivity contribution in [3.8, 4) is 0 Å². The summed E-state index contributed by atoms with van der Waals surface area (Å²) in [5.74, 6) is 0.520. The summed E-state index contributed by atoms with van der Waals surface area (Å²) in [7, 11) is 0. The van der Waals surface area contributed by atoms with Crippen LogP contribution in [0.2, 0.25) is 0 Å². The SMILES string of the molecule is Cc1cc2c(cc1/C=N/NC(N)=S)C(C)CC(C)(C)N2C(C)C. The summed E-state index contributed by atoms with van der Waals surface area (Å²) < 4.78 is 0. The molecule has 0 fully saturated rings. The van der Waals surface area contributed by atoms with Crippen molar-refractivity contribution in [2.75, 3.05) is 4.90 Å². The van der Waals surface area contributed by atoms with Crippen molar-refractivity contribution < 1.29 is 0 Å². The first-order valence-electron chi connectivity index (χ1n) is 8.16. The van der Waals surface area contributed by atoms with Gasteiger partial charge in [0.05, 0.1) is 6.21 Å². The molecule has 1 aromatic rings. The largest absolute Gasteiger partial charge is 0.375 e. The normalized spacial score (nSPS) is 20.0. The molecule has 0 saturated heterocycles. The Balaban J connectivity index is 2.48. The highest BCUT2D eigenvalue weighted by atomic mass is 32.1. The first-order chi connectivity index (χ1) is 10.6. The van der Waals surface area contributed by atoms with Crippen molar-refractivity contribution in [3.63, 3.8) is 0 Å². The number of fused-ring (bicyclic) bond motifs is 1. The monoisotopic (exact) mass is 332 g/mol. The topological polar surface area (TPSA) is 53.6 Å². The minimum Gasteiger partial charge on any atom is -0.375 e. The van der Waals surface area contributed by atoms with Crippen LogP contribution in [0.25, 0.3) is 0 Å². The molecule has 0 spiro atoms. The van der Waals surface area contributed by atoms with Crippen LogP contribution < -0.4 is 16.1 Å². The van der Waals surface area contributed by atoms with Crippen molar-refractivity contribution in [2.45, 2.75) is 65.5 Å². The Morgan fingerprint density at radius 1 is 1.48 bits per heavy atom. The number of hydrazone groups is 1. The summed E-state index contributed by atoms with van der Waals surface area (Å²) in [4.78, 5) is 2.55. The standard InChI is InChI=1S/C18H28N4S/c1-11(2)22-16-7-12(3)14(10-20-21-17(19)23)8-15(16)13(4)9-18(22,5)6/h7-8,10-11,13H,9H2,1-6H3,(H3,19,21,23)/b20-10+. The van der Waals surface area contributed by atoms with E-state index >= 15 is 0 Å². The Bertz CT molecular complexity index is 634. The Morgan fingerprint density at radius 2 is 2.13 bits per heavy atom. The second-order valence-electron chi connectivity index (χ2n) is 7.38. The zero-order chi connectivity index (χ0) is 17.4. The van der Waals surface area contributed by atoms with Crippen molar-refractivity contribution in [1.29, 1.82) is 0 Å². The van der Waals surface area contributed by atoms with E-state index in [2.05, 4.69) is 69.1 Å². The third kappa shape index (κ3) is 3.66. The predicted molar refractivity (Wildman–Crippen MR) is 103 cm³/mol. The quantitative estimate of drug-likeness (QED) is 0.504. The smallest absolute Gasteiger partial charge is 0.184 e. The van der Waals surface area contributed by atoms with Crippen LogP contribution in [-0.4, -0.2) is 22.9 Å². The van der Waals surface area contributed by atoms with Crippen LogP contribution in [0.5, 0.6) is 0 Å². The number of hydrogen-bond donors (Lipinski definition) is 2. The molecular formula is C18H28N4S. The van der Waals surface area contributed by atoms with E-state index in [0.29, 0.717) is 12.0 Å². The van der Waals surface area contributed by atoms with Gasteiger partial charge in [-0.3, -0.25) is 5.43 Å². The van der Waals surface area contributed by atoms with Crippen LogP contribution in [0.15, 0.2) is 17.2 Å². The molecule has 1 unspecified atom stereocenters. The molecule has 2 rings (SSSR count). The number of nitrogens with zero attached hydrogens (tertiary/aromatic N) is 2. The fourth-order valence-electron chi connectivity index (χ4n) is 3.90. The van der Waals surface area contributed by atoms with Gasteiger partial charge in [0.2, 0.25) is 0 Å². The number of rotatable bonds is 3. The predicted octanol–water partition coefficient (Wildman–Crippen LogP) is 3.66. The van der Waals surface area contributed by atoms with E-state index in [1.807, 2.05) is 0 Å². The van der Waals surface area contributed by atoms with Crippen molar-refractivity contribution >= 4 is 29.2 Å². The molecule has 4 nitrogen and oxygen atoms in total. The molecule has 1 aliphatic rings. The summed E-state index contributed by atoms with van der Waals surface area (Å²) >= 11 is 4.78. The van der Waals surface area contributed by atoms with Crippen LogP contribution in [-0.2, 0) is 0 Å². The van der Waals surface area contributed by atoms with Gasteiger partial charge in [-0.15, -0.1) is 0 Å². The lowest BCUT2D eigenvalue weighted by atomic mass is 9.78. The molecule has 1 aliphatic heterocycles. The van der Waals surface area contributed by atoms with Crippen molar-refractivity contribution in [1.82, 2.24) is 5.43 Å².